The average Bonchev–Trinajstić information content (AvgIpc) is 2.40. The predicted molar refractivity (Wildman–Crippen MR) is 74.4 cm³/mol. The van der Waals surface area contributed by atoms with Gasteiger partial charge in [0.1, 0.15) is 16.5 Å². The third kappa shape index (κ3) is 3.46. The van der Waals surface area contributed by atoms with E-state index in [0.29, 0.717) is 13.1 Å². The van der Waals surface area contributed by atoms with Crippen LogP contribution in [0.4, 0.5) is 0 Å². The highest BCUT2D eigenvalue weighted by molar-refractivity contribution is 9.10. The largest absolute Gasteiger partial charge is 0.490 e. The molecule has 1 aliphatic rings. The number of para-hydroxylation sites is 1. The van der Waals surface area contributed by atoms with Crippen LogP contribution in [0.15, 0.2) is 30.3 Å². The molecule has 0 radical (unpaired) electrons. The molecule has 1 saturated heterocycles. The number of halogens is 1. The Hall–Kier alpha value is -0.590. The van der Waals surface area contributed by atoms with Gasteiger partial charge in [-0.15, -0.1) is 0 Å². The van der Waals surface area contributed by atoms with Crippen molar-refractivity contribution in [2.24, 2.45) is 0 Å². The zero-order valence-electron chi connectivity index (χ0n) is 9.96. The van der Waals surface area contributed by atoms with Crippen LogP contribution in [0.2, 0.25) is 0 Å². The second-order valence-electron chi connectivity index (χ2n) is 4.25. The van der Waals surface area contributed by atoms with Crippen molar-refractivity contribution >= 4 is 26.0 Å². The SMILES string of the molecule is O=S(=O)(CBr)N1CCC(Oc2ccccc2)CC1. The molecule has 2 rings (SSSR count). The Kier molecular flexibility index (Phi) is 4.64. The number of rotatable bonds is 4. The van der Waals surface area contributed by atoms with Gasteiger partial charge in [-0.25, -0.2) is 12.7 Å². The zero-order valence-corrected chi connectivity index (χ0v) is 12.4. The topological polar surface area (TPSA) is 46.6 Å². The maximum Gasteiger partial charge on any atom is 0.224 e. The summed E-state index contributed by atoms with van der Waals surface area (Å²) in [5.74, 6) is 0.847. The molecule has 100 valence electrons. The fraction of sp³-hybridized carbons (Fsp3) is 0.500. The minimum absolute atomic E-state index is 0.00971. The highest BCUT2D eigenvalue weighted by Gasteiger charge is 2.27. The molecule has 0 N–H and O–H groups in total. The van der Waals surface area contributed by atoms with Gasteiger partial charge in [-0.05, 0) is 25.0 Å². The number of sulfonamides is 1. The molecule has 0 saturated carbocycles. The predicted octanol–water partition coefficient (Wildman–Crippen LogP) is 2.21. The molecule has 0 atom stereocenters. The van der Waals surface area contributed by atoms with Crippen LogP contribution < -0.4 is 4.74 Å². The van der Waals surface area contributed by atoms with Crippen molar-refractivity contribution in [3.63, 3.8) is 0 Å². The lowest BCUT2D eigenvalue weighted by Crippen LogP contribution is -2.42. The summed E-state index contributed by atoms with van der Waals surface area (Å²) < 4.78 is 30.6. The number of hydrogen-bond acceptors (Lipinski definition) is 3. The third-order valence-corrected chi connectivity index (χ3v) is 6.14. The number of hydrogen-bond donors (Lipinski definition) is 0. The normalized spacial score (nSPS) is 18.7. The van der Waals surface area contributed by atoms with Gasteiger partial charge in [0.05, 0.1) is 0 Å². The van der Waals surface area contributed by atoms with Gasteiger partial charge >= 0.3 is 0 Å². The Morgan fingerprint density at radius 1 is 1.22 bits per heavy atom. The van der Waals surface area contributed by atoms with E-state index in [1.165, 1.54) is 4.31 Å². The summed E-state index contributed by atoms with van der Waals surface area (Å²) in [5.41, 5.74) is 0. The Bertz CT molecular complexity index is 469. The molecule has 0 spiro atoms. The van der Waals surface area contributed by atoms with Crippen molar-refractivity contribution in [1.29, 1.82) is 0 Å². The lowest BCUT2D eigenvalue weighted by molar-refractivity contribution is 0.135. The van der Waals surface area contributed by atoms with Crippen LogP contribution in [-0.4, -0.2) is 36.6 Å². The Balaban J connectivity index is 1.88. The highest BCUT2D eigenvalue weighted by Crippen LogP contribution is 2.20. The number of ether oxygens (including phenoxy) is 1. The quantitative estimate of drug-likeness (QED) is 0.793. The van der Waals surface area contributed by atoms with E-state index in [1.54, 1.807) is 0 Å². The first-order chi connectivity index (χ1) is 8.62. The van der Waals surface area contributed by atoms with E-state index < -0.39 is 10.0 Å². The summed E-state index contributed by atoms with van der Waals surface area (Å²) in [7, 11) is -3.12. The van der Waals surface area contributed by atoms with Crippen molar-refractivity contribution in [2.75, 3.05) is 17.8 Å². The summed E-state index contributed by atoms with van der Waals surface area (Å²) in [6.45, 7) is 1.07. The molecule has 6 heteroatoms. The summed E-state index contributed by atoms with van der Waals surface area (Å²) in [4.78, 5) is 0. The maximum absolute atomic E-state index is 11.7. The second kappa shape index (κ2) is 6.04. The minimum atomic E-state index is -3.12. The van der Waals surface area contributed by atoms with Gasteiger partial charge in [0.25, 0.3) is 0 Å². The van der Waals surface area contributed by atoms with Gasteiger partial charge < -0.3 is 4.74 Å². The van der Waals surface area contributed by atoms with E-state index >= 15 is 0 Å². The van der Waals surface area contributed by atoms with Crippen LogP contribution in [0.25, 0.3) is 0 Å². The Labute approximate surface area is 116 Å². The first-order valence-corrected chi connectivity index (χ1v) is 8.60. The first-order valence-electron chi connectivity index (χ1n) is 5.87. The van der Waals surface area contributed by atoms with Crippen LogP contribution in [0.3, 0.4) is 0 Å². The molecule has 1 aliphatic heterocycles. The van der Waals surface area contributed by atoms with Gasteiger partial charge in [0.15, 0.2) is 0 Å². The smallest absolute Gasteiger partial charge is 0.224 e. The van der Waals surface area contributed by atoms with Crippen LogP contribution in [0, 0.1) is 0 Å². The molecule has 1 aromatic carbocycles. The monoisotopic (exact) mass is 333 g/mol. The van der Waals surface area contributed by atoms with E-state index in [4.69, 9.17) is 4.74 Å². The lowest BCUT2D eigenvalue weighted by Gasteiger charge is -2.30. The summed E-state index contributed by atoms with van der Waals surface area (Å²) in [6.07, 6.45) is 1.58. The average molecular weight is 334 g/mol. The molecule has 0 aromatic heterocycles. The Morgan fingerprint density at radius 3 is 2.39 bits per heavy atom. The van der Waals surface area contributed by atoms with Crippen LogP contribution in [0.5, 0.6) is 5.75 Å². The fourth-order valence-electron chi connectivity index (χ4n) is 1.99. The molecular formula is C12H16BrNO3S. The van der Waals surface area contributed by atoms with E-state index in [9.17, 15) is 8.42 Å². The third-order valence-electron chi connectivity index (χ3n) is 2.98. The molecule has 0 aliphatic carbocycles. The molecule has 0 amide bonds. The van der Waals surface area contributed by atoms with Gasteiger partial charge in [0, 0.05) is 13.1 Å². The number of nitrogens with zero attached hydrogens (tertiary/aromatic N) is 1. The van der Waals surface area contributed by atoms with Crippen molar-refractivity contribution in [3.8, 4) is 5.75 Å². The molecule has 0 bridgehead atoms. The number of piperidine rings is 1. The Morgan fingerprint density at radius 2 is 1.83 bits per heavy atom. The lowest BCUT2D eigenvalue weighted by atomic mass is 10.1. The number of benzene rings is 1. The molecule has 1 heterocycles. The summed E-state index contributed by atoms with van der Waals surface area (Å²) in [5, 5.41) is 0. The van der Waals surface area contributed by atoms with Crippen molar-refractivity contribution in [1.82, 2.24) is 4.31 Å². The molecule has 0 unspecified atom stereocenters. The number of alkyl halides is 1. The zero-order chi connectivity index (χ0) is 13.0. The molecule has 1 aromatic rings. The van der Waals surface area contributed by atoms with Crippen LogP contribution >= 0.6 is 15.9 Å². The van der Waals surface area contributed by atoms with Crippen molar-refractivity contribution in [3.05, 3.63) is 30.3 Å². The first kappa shape index (κ1) is 13.8. The maximum atomic E-state index is 11.7. The highest BCUT2D eigenvalue weighted by atomic mass is 79.9. The summed E-state index contributed by atoms with van der Waals surface area (Å²) >= 11 is 3.01. The van der Waals surface area contributed by atoms with Crippen LogP contribution in [0.1, 0.15) is 12.8 Å². The summed E-state index contributed by atoms with van der Waals surface area (Å²) in [6, 6.07) is 9.64. The van der Waals surface area contributed by atoms with Gasteiger partial charge in [-0.1, -0.05) is 34.1 Å². The molecule has 18 heavy (non-hydrogen) atoms. The van der Waals surface area contributed by atoms with Crippen LogP contribution in [-0.2, 0) is 10.0 Å². The van der Waals surface area contributed by atoms with E-state index in [1.807, 2.05) is 30.3 Å². The van der Waals surface area contributed by atoms with Crippen molar-refractivity contribution in [2.45, 2.75) is 18.9 Å². The minimum Gasteiger partial charge on any atom is -0.490 e. The molecule has 4 nitrogen and oxygen atoms in total. The van der Waals surface area contributed by atoms with Gasteiger partial charge in [-0.3, -0.25) is 0 Å². The van der Waals surface area contributed by atoms with Crippen molar-refractivity contribution < 1.29 is 13.2 Å². The van der Waals surface area contributed by atoms with E-state index in [0.717, 1.165) is 18.6 Å². The second-order valence-corrected chi connectivity index (χ2v) is 7.52. The molecule has 1 fully saturated rings. The van der Waals surface area contributed by atoms with Gasteiger partial charge in [0.2, 0.25) is 10.0 Å². The van der Waals surface area contributed by atoms with E-state index in [2.05, 4.69) is 15.9 Å². The van der Waals surface area contributed by atoms with Gasteiger partial charge in [-0.2, -0.15) is 0 Å². The van der Waals surface area contributed by atoms with E-state index in [-0.39, 0.29) is 10.8 Å². The standard InChI is InChI=1S/C12H16BrNO3S/c13-10-18(15,16)14-8-6-12(7-9-14)17-11-4-2-1-3-5-11/h1-5,12H,6-10H2. The fourth-order valence-corrected chi connectivity index (χ4v) is 3.76. The molecular weight excluding hydrogens is 318 g/mol.